The third-order valence-corrected chi connectivity index (χ3v) is 5.98. The Kier molecular flexibility index (Phi) is 4.54. The van der Waals surface area contributed by atoms with Crippen molar-refractivity contribution in [3.8, 4) is 0 Å². The zero-order valence-corrected chi connectivity index (χ0v) is 15.4. The third kappa shape index (κ3) is 3.32. The first-order valence-electron chi connectivity index (χ1n) is 9.40. The minimum absolute atomic E-state index is 0.233. The standard InChI is InChI=1S/C23H32/c1-18-14-16-23(17-15-18,20-8-6-5-7-9-20)21-12-10-19(11-13-21)22(2,3)4/h6,8-13,18H,5,7,14-17H2,1-4H3. The Morgan fingerprint density at radius 3 is 2.13 bits per heavy atom. The lowest BCUT2D eigenvalue weighted by atomic mass is 9.62. The Labute approximate surface area is 142 Å². The highest BCUT2D eigenvalue weighted by atomic mass is 14.4. The Morgan fingerprint density at radius 1 is 0.957 bits per heavy atom. The molecule has 1 aromatic carbocycles. The van der Waals surface area contributed by atoms with E-state index in [9.17, 15) is 0 Å². The highest BCUT2D eigenvalue weighted by Gasteiger charge is 2.38. The second-order valence-corrected chi connectivity index (χ2v) is 8.73. The molecule has 0 saturated heterocycles. The van der Waals surface area contributed by atoms with E-state index in [1.54, 1.807) is 5.57 Å². The van der Waals surface area contributed by atoms with Crippen molar-refractivity contribution in [3.05, 3.63) is 59.2 Å². The minimum atomic E-state index is 0.233. The quantitative estimate of drug-likeness (QED) is 0.569. The molecule has 23 heavy (non-hydrogen) atoms. The highest BCUT2D eigenvalue weighted by molar-refractivity contribution is 5.45. The van der Waals surface area contributed by atoms with Crippen molar-refractivity contribution < 1.29 is 0 Å². The molecule has 0 heteroatoms. The van der Waals surface area contributed by atoms with Crippen LogP contribution in [0.5, 0.6) is 0 Å². The third-order valence-electron chi connectivity index (χ3n) is 5.98. The number of allylic oxidation sites excluding steroid dienone is 4. The van der Waals surface area contributed by atoms with Gasteiger partial charge >= 0.3 is 0 Å². The van der Waals surface area contributed by atoms with Crippen LogP contribution in [-0.2, 0) is 10.8 Å². The first kappa shape index (κ1) is 16.6. The summed E-state index contributed by atoms with van der Waals surface area (Å²) < 4.78 is 0. The number of rotatable bonds is 2. The van der Waals surface area contributed by atoms with E-state index < -0.39 is 0 Å². The van der Waals surface area contributed by atoms with Crippen molar-refractivity contribution in [2.45, 2.75) is 77.0 Å². The maximum atomic E-state index is 2.51. The Hall–Kier alpha value is -1.30. The number of hydrogen-bond acceptors (Lipinski definition) is 0. The van der Waals surface area contributed by atoms with Gasteiger partial charge in [0.2, 0.25) is 0 Å². The molecule has 124 valence electrons. The van der Waals surface area contributed by atoms with Crippen molar-refractivity contribution in [3.63, 3.8) is 0 Å². The van der Waals surface area contributed by atoms with Gasteiger partial charge in [-0.15, -0.1) is 0 Å². The molecule has 1 aromatic rings. The highest BCUT2D eigenvalue weighted by Crippen LogP contribution is 2.48. The van der Waals surface area contributed by atoms with E-state index in [4.69, 9.17) is 0 Å². The van der Waals surface area contributed by atoms with Crippen molar-refractivity contribution in [1.82, 2.24) is 0 Å². The van der Waals surface area contributed by atoms with Gasteiger partial charge in [0.15, 0.2) is 0 Å². The topological polar surface area (TPSA) is 0 Å². The Balaban J connectivity index is 1.99. The molecule has 0 heterocycles. The van der Waals surface area contributed by atoms with E-state index in [0.29, 0.717) is 0 Å². The summed E-state index contributed by atoms with van der Waals surface area (Å²) >= 11 is 0. The van der Waals surface area contributed by atoms with Crippen molar-refractivity contribution >= 4 is 0 Å². The Morgan fingerprint density at radius 2 is 1.61 bits per heavy atom. The maximum Gasteiger partial charge on any atom is 0.0199 e. The van der Waals surface area contributed by atoms with Crippen LogP contribution in [-0.4, -0.2) is 0 Å². The molecule has 2 aliphatic carbocycles. The summed E-state index contributed by atoms with van der Waals surface area (Å²) in [6.45, 7) is 9.31. The summed E-state index contributed by atoms with van der Waals surface area (Å²) in [4.78, 5) is 0. The summed E-state index contributed by atoms with van der Waals surface area (Å²) in [5.74, 6) is 0.880. The average Bonchev–Trinajstić information content (AvgIpc) is 2.56. The molecule has 2 aliphatic rings. The molecule has 1 saturated carbocycles. The molecule has 0 bridgehead atoms. The van der Waals surface area contributed by atoms with Crippen LogP contribution in [0.1, 0.15) is 77.3 Å². The molecule has 1 fully saturated rings. The van der Waals surface area contributed by atoms with Gasteiger partial charge in [0.1, 0.15) is 0 Å². The number of hydrogen-bond donors (Lipinski definition) is 0. The zero-order chi connectivity index (χ0) is 16.5. The fraction of sp³-hybridized carbons (Fsp3) is 0.565. The first-order chi connectivity index (χ1) is 10.9. The van der Waals surface area contributed by atoms with Crippen LogP contribution < -0.4 is 0 Å². The van der Waals surface area contributed by atoms with Gasteiger partial charge in [0, 0.05) is 5.41 Å². The van der Waals surface area contributed by atoms with Gasteiger partial charge < -0.3 is 0 Å². The smallest absolute Gasteiger partial charge is 0.0199 e. The Bertz CT molecular complexity index is 584. The van der Waals surface area contributed by atoms with E-state index in [2.05, 4.69) is 70.2 Å². The molecular weight excluding hydrogens is 276 g/mol. The lowest BCUT2D eigenvalue weighted by Crippen LogP contribution is -2.33. The molecule has 0 unspecified atom stereocenters. The van der Waals surface area contributed by atoms with E-state index in [0.717, 1.165) is 5.92 Å². The van der Waals surface area contributed by atoms with Gasteiger partial charge in [-0.25, -0.2) is 0 Å². The summed E-state index contributed by atoms with van der Waals surface area (Å²) in [5, 5.41) is 0. The largest absolute Gasteiger partial charge is 0.0839 e. The van der Waals surface area contributed by atoms with Crippen LogP contribution in [0.4, 0.5) is 0 Å². The fourth-order valence-corrected chi connectivity index (χ4v) is 4.26. The van der Waals surface area contributed by atoms with Crippen LogP contribution in [0, 0.1) is 5.92 Å². The van der Waals surface area contributed by atoms with Crippen molar-refractivity contribution in [1.29, 1.82) is 0 Å². The number of benzene rings is 1. The van der Waals surface area contributed by atoms with Crippen LogP contribution in [0.25, 0.3) is 0 Å². The zero-order valence-electron chi connectivity index (χ0n) is 15.4. The predicted molar refractivity (Wildman–Crippen MR) is 101 cm³/mol. The average molecular weight is 309 g/mol. The summed E-state index contributed by atoms with van der Waals surface area (Å²) in [7, 11) is 0. The second-order valence-electron chi connectivity index (χ2n) is 8.73. The monoisotopic (exact) mass is 308 g/mol. The van der Waals surface area contributed by atoms with E-state index in [1.165, 1.54) is 49.7 Å². The van der Waals surface area contributed by atoms with Crippen molar-refractivity contribution in [2.75, 3.05) is 0 Å². The molecule has 0 N–H and O–H groups in total. The van der Waals surface area contributed by atoms with E-state index in [1.807, 2.05) is 0 Å². The van der Waals surface area contributed by atoms with Gasteiger partial charge in [0.05, 0.1) is 0 Å². The lowest BCUT2D eigenvalue weighted by Gasteiger charge is -2.42. The van der Waals surface area contributed by atoms with E-state index >= 15 is 0 Å². The van der Waals surface area contributed by atoms with Gasteiger partial charge in [0.25, 0.3) is 0 Å². The van der Waals surface area contributed by atoms with Crippen molar-refractivity contribution in [2.24, 2.45) is 5.92 Å². The second kappa shape index (κ2) is 6.30. The normalized spacial score (nSPS) is 28.5. The molecule has 0 amide bonds. The molecule has 0 aliphatic heterocycles. The van der Waals surface area contributed by atoms with Crippen LogP contribution in [0.2, 0.25) is 0 Å². The fourth-order valence-electron chi connectivity index (χ4n) is 4.26. The SMILES string of the molecule is CC1CCC(C2=CCCC=C2)(c2ccc(C(C)(C)C)cc2)CC1. The summed E-state index contributed by atoms with van der Waals surface area (Å²) in [6, 6.07) is 9.56. The molecule has 0 aromatic heterocycles. The molecule has 0 radical (unpaired) electrons. The molecule has 0 spiro atoms. The minimum Gasteiger partial charge on any atom is -0.0839 e. The molecule has 0 atom stereocenters. The predicted octanol–water partition coefficient (Wildman–Crippen LogP) is 6.71. The van der Waals surface area contributed by atoms with Crippen LogP contribution >= 0.6 is 0 Å². The van der Waals surface area contributed by atoms with E-state index in [-0.39, 0.29) is 10.8 Å². The van der Waals surface area contributed by atoms with Gasteiger partial charge in [-0.3, -0.25) is 0 Å². The molecular formula is C23H32. The van der Waals surface area contributed by atoms with Crippen LogP contribution in [0.3, 0.4) is 0 Å². The van der Waals surface area contributed by atoms with Gasteiger partial charge in [-0.05, 0) is 66.6 Å². The molecule has 3 rings (SSSR count). The summed E-state index contributed by atoms with van der Waals surface area (Å²) in [5.41, 5.74) is 5.06. The maximum absolute atomic E-state index is 2.51. The lowest BCUT2D eigenvalue weighted by molar-refractivity contribution is 0.279. The van der Waals surface area contributed by atoms with Crippen LogP contribution in [0.15, 0.2) is 48.1 Å². The van der Waals surface area contributed by atoms with Gasteiger partial charge in [-0.2, -0.15) is 0 Å². The first-order valence-corrected chi connectivity index (χ1v) is 9.40. The van der Waals surface area contributed by atoms with Gasteiger partial charge in [-0.1, -0.05) is 70.2 Å². The summed E-state index contributed by atoms with van der Waals surface area (Å²) in [6.07, 6.45) is 15.0. The molecule has 0 nitrogen and oxygen atoms in total.